The average Bonchev–Trinajstić information content (AvgIpc) is 2.55. The molecule has 1 aromatic carbocycles. The van der Waals surface area contributed by atoms with Crippen LogP contribution in [0.2, 0.25) is 0 Å². The van der Waals surface area contributed by atoms with Crippen molar-refractivity contribution in [3.8, 4) is 6.07 Å². The van der Waals surface area contributed by atoms with Crippen molar-refractivity contribution < 1.29 is 0 Å². The van der Waals surface area contributed by atoms with Crippen LogP contribution in [0.3, 0.4) is 0 Å². The quantitative estimate of drug-likeness (QED) is 0.848. The number of nitrogens with zero attached hydrogens (tertiary/aromatic N) is 3. The van der Waals surface area contributed by atoms with Gasteiger partial charge in [-0.15, -0.1) is 0 Å². The summed E-state index contributed by atoms with van der Waals surface area (Å²) in [5, 5.41) is 12.8. The zero-order chi connectivity index (χ0) is 16.7. The van der Waals surface area contributed by atoms with E-state index in [-0.39, 0.29) is 0 Å². The Kier molecular flexibility index (Phi) is 6.07. The van der Waals surface area contributed by atoms with Crippen molar-refractivity contribution in [2.24, 2.45) is 0 Å². The summed E-state index contributed by atoms with van der Waals surface area (Å²) in [6, 6.07) is 12.2. The molecule has 4 nitrogen and oxygen atoms in total. The van der Waals surface area contributed by atoms with Crippen LogP contribution in [0.4, 0.5) is 5.69 Å². The van der Waals surface area contributed by atoms with Crippen LogP contribution in [0.5, 0.6) is 0 Å². The van der Waals surface area contributed by atoms with Crippen LogP contribution in [0.15, 0.2) is 42.7 Å². The molecular formula is C18H20N4S. The van der Waals surface area contributed by atoms with Crippen LogP contribution >= 0.6 is 12.2 Å². The first-order chi connectivity index (χ1) is 11.1. The SMILES string of the molecule is Cc1ccc(NC(=S)N(CCC#N)Cc2cccnc2)cc1C. The lowest BCUT2D eigenvalue weighted by atomic mass is 10.1. The van der Waals surface area contributed by atoms with E-state index in [1.807, 2.05) is 29.3 Å². The zero-order valence-corrected chi connectivity index (χ0v) is 14.2. The number of benzene rings is 1. The predicted molar refractivity (Wildman–Crippen MR) is 97.0 cm³/mol. The fraction of sp³-hybridized carbons (Fsp3) is 0.278. The third-order valence-electron chi connectivity index (χ3n) is 3.64. The molecule has 0 saturated heterocycles. The predicted octanol–water partition coefficient (Wildman–Crippen LogP) is 3.81. The van der Waals surface area contributed by atoms with Gasteiger partial charge in [-0.05, 0) is 61.0 Å². The second-order valence-corrected chi connectivity index (χ2v) is 5.81. The Morgan fingerprint density at radius 2 is 2.13 bits per heavy atom. The molecule has 0 spiro atoms. The Morgan fingerprint density at radius 1 is 1.30 bits per heavy atom. The molecule has 0 bridgehead atoms. The molecule has 2 rings (SSSR count). The Labute approximate surface area is 142 Å². The second kappa shape index (κ2) is 8.25. The third kappa shape index (κ3) is 5.04. The highest BCUT2D eigenvalue weighted by atomic mass is 32.1. The number of nitriles is 1. The van der Waals surface area contributed by atoms with Gasteiger partial charge in [0, 0.05) is 31.2 Å². The maximum absolute atomic E-state index is 8.87. The van der Waals surface area contributed by atoms with Crippen LogP contribution in [0.1, 0.15) is 23.1 Å². The Balaban J connectivity index is 2.09. The molecule has 0 atom stereocenters. The van der Waals surface area contributed by atoms with Crippen molar-refractivity contribution in [1.29, 1.82) is 5.26 Å². The molecule has 0 aliphatic heterocycles. The molecule has 0 amide bonds. The van der Waals surface area contributed by atoms with Gasteiger partial charge in [-0.25, -0.2) is 0 Å². The minimum atomic E-state index is 0.426. The first-order valence-electron chi connectivity index (χ1n) is 7.49. The standard InChI is InChI=1S/C18H20N4S/c1-14-6-7-17(11-15(14)2)21-18(23)22(10-4-8-19)13-16-5-3-9-20-12-16/h3,5-7,9,11-12H,4,10,13H2,1-2H3,(H,21,23). The monoisotopic (exact) mass is 324 g/mol. The van der Waals surface area contributed by atoms with E-state index in [0.717, 1.165) is 11.3 Å². The summed E-state index contributed by atoms with van der Waals surface area (Å²) >= 11 is 5.53. The lowest BCUT2D eigenvalue weighted by molar-refractivity contribution is 0.427. The molecule has 23 heavy (non-hydrogen) atoms. The van der Waals surface area contributed by atoms with Gasteiger partial charge in [0.2, 0.25) is 0 Å². The van der Waals surface area contributed by atoms with Crippen LogP contribution in [-0.2, 0) is 6.54 Å². The van der Waals surface area contributed by atoms with Gasteiger partial charge in [0.05, 0.1) is 12.5 Å². The van der Waals surface area contributed by atoms with E-state index in [9.17, 15) is 0 Å². The number of anilines is 1. The first kappa shape index (κ1) is 16.9. The zero-order valence-electron chi connectivity index (χ0n) is 13.4. The third-order valence-corrected chi connectivity index (χ3v) is 4.00. The number of nitrogens with one attached hydrogen (secondary N) is 1. The Bertz CT molecular complexity index is 707. The van der Waals surface area contributed by atoms with Crippen LogP contribution in [-0.4, -0.2) is 21.5 Å². The van der Waals surface area contributed by atoms with E-state index >= 15 is 0 Å². The summed E-state index contributed by atoms with van der Waals surface area (Å²) in [4.78, 5) is 6.12. The molecule has 5 heteroatoms. The molecule has 0 unspecified atom stereocenters. The molecule has 0 radical (unpaired) electrons. The fourth-order valence-electron chi connectivity index (χ4n) is 2.17. The van der Waals surface area contributed by atoms with Crippen LogP contribution in [0, 0.1) is 25.2 Å². The van der Waals surface area contributed by atoms with Crippen molar-refractivity contribution in [2.75, 3.05) is 11.9 Å². The molecule has 118 valence electrons. The van der Waals surface area contributed by atoms with E-state index in [0.29, 0.717) is 24.6 Å². The molecule has 0 aliphatic carbocycles. The van der Waals surface area contributed by atoms with Crippen LogP contribution in [0.25, 0.3) is 0 Å². The van der Waals surface area contributed by atoms with Crippen molar-refractivity contribution in [2.45, 2.75) is 26.8 Å². The summed E-state index contributed by atoms with van der Waals surface area (Å²) in [5.74, 6) is 0. The largest absolute Gasteiger partial charge is 0.344 e. The van der Waals surface area contributed by atoms with E-state index in [1.165, 1.54) is 11.1 Å². The maximum Gasteiger partial charge on any atom is 0.173 e. The number of hydrogen-bond donors (Lipinski definition) is 1. The molecule has 1 aromatic heterocycles. The number of aromatic nitrogens is 1. The molecule has 1 heterocycles. The van der Waals surface area contributed by atoms with Gasteiger partial charge >= 0.3 is 0 Å². The number of pyridine rings is 1. The van der Waals surface area contributed by atoms with Gasteiger partial charge < -0.3 is 10.2 Å². The summed E-state index contributed by atoms with van der Waals surface area (Å²) in [5.41, 5.74) is 4.49. The van der Waals surface area contributed by atoms with Crippen molar-refractivity contribution in [3.63, 3.8) is 0 Å². The lowest BCUT2D eigenvalue weighted by Crippen LogP contribution is -2.35. The molecule has 2 aromatic rings. The molecule has 0 fully saturated rings. The molecule has 0 aliphatic rings. The molecular weight excluding hydrogens is 304 g/mol. The highest BCUT2D eigenvalue weighted by Gasteiger charge is 2.11. The summed E-state index contributed by atoms with van der Waals surface area (Å²) in [7, 11) is 0. The molecule has 0 saturated carbocycles. The van der Waals surface area contributed by atoms with Crippen molar-refractivity contribution in [3.05, 3.63) is 59.4 Å². The minimum absolute atomic E-state index is 0.426. The van der Waals surface area contributed by atoms with Crippen molar-refractivity contribution >= 4 is 23.0 Å². The number of aryl methyl sites for hydroxylation is 2. The second-order valence-electron chi connectivity index (χ2n) is 5.42. The van der Waals surface area contributed by atoms with Gasteiger partial charge in [-0.3, -0.25) is 4.98 Å². The summed E-state index contributed by atoms with van der Waals surface area (Å²) in [6.07, 6.45) is 3.99. The highest BCUT2D eigenvalue weighted by Crippen LogP contribution is 2.15. The average molecular weight is 324 g/mol. The van der Waals surface area contributed by atoms with Gasteiger partial charge in [-0.2, -0.15) is 5.26 Å². The lowest BCUT2D eigenvalue weighted by Gasteiger charge is -2.25. The topological polar surface area (TPSA) is 52.0 Å². The van der Waals surface area contributed by atoms with Gasteiger partial charge in [0.25, 0.3) is 0 Å². The van der Waals surface area contributed by atoms with Gasteiger partial charge in [0.15, 0.2) is 5.11 Å². The fourth-order valence-corrected chi connectivity index (χ4v) is 2.44. The molecule has 1 N–H and O–H groups in total. The number of hydrogen-bond acceptors (Lipinski definition) is 3. The Morgan fingerprint density at radius 3 is 2.78 bits per heavy atom. The first-order valence-corrected chi connectivity index (χ1v) is 7.90. The van der Waals surface area contributed by atoms with Crippen molar-refractivity contribution in [1.82, 2.24) is 9.88 Å². The summed E-state index contributed by atoms with van der Waals surface area (Å²) < 4.78 is 0. The summed E-state index contributed by atoms with van der Waals surface area (Å²) in [6.45, 7) is 5.37. The minimum Gasteiger partial charge on any atom is -0.344 e. The number of thiocarbonyl (C=S) groups is 1. The van der Waals surface area contributed by atoms with Crippen LogP contribution < -0.4 is 5.32 Å². The highest BCUT2D eigenvalue weighted by molar-refractivity contribution is 7.80. The Hall–Kier alpha value is -2.45. The van der Waals surface area contributed by atoms with Gasteiger partial charge in [-0.1, -0.05) is 12.1 Å². The normalized spacial score (nSPS) is 9.96. The maximum atomic E-state index is 8.87. The van der Waals surface area contributed by atoms with E-state index < -0.39 is 0 Å². The smallest absolute Gasteiger partial charge is 0.173 e. The van der Waals surface area contributed by atoms with Gasteiger partial charge in [0.1, 0.15) is 0 Å². The van der Waals surface area contributed by atoms with E-state index in [4.69, 9.17) is 17.5 Å². The van der Waals surface area contributed by atoms with E-state index in [2.05, 4.69) is 42.4 Å². The number of rotatable bonds is 5. The van der Waals surface area contributed by atoms with E-state index in [1.54, 1.807) is 6.20 Å².